The molecule has 78 valence electrons. The van der Waals surface area contributed by atoms with Crippen molar-refractivity contribution >= 4 is 23.6 Å². The van der Waals surface area contributed by atoms with Crippen LogP contribution < -0.4 is 0 Å². The number of benzene rings is 2. The Morgan fingerprint density at radius 1 is 0.875 bits per heavy atom. The molecule has 3 rings (SSSR count). The Balaban J connectivity index is 2.15. The molecule has 0 N–H and O–H groups in total. The van der Waals surface area contributed by atoms with E-state index in [0.29, 0.717) is 0 Å². The third-order valence-electron chi connectivity index (χ3n) is 2.58. The minimum absolute atomic E-state index is 0.898. The van der Waals surface area contributed by atoms with Gasteiger partial charge in [0, 0.05) is 15.8 Å². The molecule has 0 unspecified atom stereocenters. The summed E-state index contributed by atoms with van der Waals surface area (Å²) in [6.07, 6.45) is 0. The Morgan fingerprint density at radius 2 is 1.62 bits per heavy atom. The second-order valence-electron chi connectivity index (χ2n) is 3.70. The molecule has 3 aromatic rings. The Morgan fingerprint density at radius 3 is 2.38 bits per heavy atom. The molecule has 0 aliphatic rings. The van der Waals surface area contributed by atoms with E-state index in [1.165, 1.54) is 0 Å². The monoisotopic (exact) mass is 226 g/mol. The lowest BCUT2D eigenvalue weighted by Crippen LogP contribution is -1.71. The summed E-state index contributed by atoms with van der Waals surface area (Å²) in [5.74, 6) is 0.898. The standard InChI is InChI=1S/C14H10OS/c16-12-7-5-10(6-8-12)14-9-11-3-1-2-4-13(11)15-14/h1-9,16H. The van der Waals surface area contributed by atoms with E-state index < -0.39 is 0 Å². The molecule has 0 spiro atoms. The van der Waals surface area contributed by atoms with Crippen molar-refractivity contribution in [3.8, 4) is 11.3 Å². The molecule has 0 bridgehead atoms. The first kappa shape index (κ1) is 9.55. The zero-order chi connectivity index (χ0) is 11.0. The Hall–Kier alpha value is -1.67. The molecule has 0 amide bonds. The van der Waals surface area contributed by atoms with Crippen LogP contribution in [0.25, 0.3) is 22.3 Å². The second-order valence-corrected chi connectivity index (χ2v) is 4.21. The fourth-order valence-corrected chi connectivity index (χ4v) is 1.90. The highest BCUT2D eigenvalue weighted by Crippen LogP contribution is 2.27. The lowest BCUT2D eigenvalue weighted by Gasteiger charge is -1.96. The molecular weight excluding hydrogens is 216 g/mol. The van der Waals surface area contributed by atoms with Gasteiger partial charge in [-0.25, -0.2) is 0 Å². The van der Waals surface area contributed by atoms with E-state index in [9.17, 15) is 0 Å². The largest absolute Gasteiger partial charge is 0.456 e. The lowest BCUT2D eigenvalue weighted by atomic mass is 10.1. The summed E-state index contributed by atoms with van der Waals surface area (Å²) >= 11 is 4.26. The van der Waals surface area contributed by atoms with Gasteiger partial charge in [0.15, 0.2) is 0 Å². The van der Waals surface area contributed by atoms with Gasteiger partial charge in [-0.3, -0.25) is 0 Å². The maximum atomic E-state index is 5.77. The van der Waals surface area contributed by atoms with Crippen LogP contribution in [-0.2, 0) is 0 Å². The van der Waals surface area contributed by atoms with E-state index in [1.54, 1.807) is 0 Å². The third kappa shape index (κ3) is 1.61. The van der Waals surface area contributed by atoms with Crippen molar-refractivity contribution in [3.05, 3.63) is 54.6 Å². The Bertz CT molecular complexity index is 590. The molecule has 0 fully saturated rings. The van der Waals surface area contributed by atoms with E-state index in [4.69, 9.17) is 4.42 Å². The fourth-order valence-electron chi connectivity index (χ4n) is 1.75. The van der Waals surface area contributed by atoms with Crippen LogP contribution in [0.15, 0.2) is 63.9 Å². The van der Waals surface area contributed by atoms with Crippen molar-refractivity contribution < 1.29 is 4.42 Å². The highest BCUT2D eigenvalue weighted by Gasteiger charge is 2.04. The van der Waals surface area contributed by atoms with Crippen LogP contribution in [0.1, 0.15) is 0 Å². The van der Waals surface area contributed by atoms with Crippen LogP contribution in [0.4, 0.5) is 0 Å². The first-order valence-electron chi connectivity index (χ1n) is 5.11. The molecule has 2 aromatic carbocycles. The van der Waals surface area contributed by atoms with Gasteiger partial charge in [-0.2, -0.15) is 0 Å². The first-order chi connectivity index (χ1) is 7.83. The molecule has 0 aliphatic heterocycles. The van der Waals surface area contributed by atoms with Gasteiger partial charge in [0.2, 0.25) is 0 Å². The van der Waals surface area contributed by atoms with E-state index in [2.05, 4.69) is 24.8 Å². The van der Waals surface area contributed by atoms with E-state index >= 15 is 0 Å². The molecule has 16 heavy (non-hydrogen) atoms. The normalized spacial score (nSPS) is 10.8. The molecule has 0 atom stereocenters. The number of para-hydroxylation sites is 1. The third-order valence-corrected chi connectivity index (χ3v) is 2.88. The summed E-state index contributed by atoms with van der Waals surface area (Å²) in [4.78, 5) is 0.958. The summed E-state index contributed by atoms with van der Waals surface area (Å²) in [6.45, 7) is 0. The average molecular weight is 226 g/mol. The maximum absolute atomic E-state index is 5.77. The molecule has 0 saturated carbocycles. The first-order valence-corrected chi connectivity index (χ1v) is 5.56. The van der Waals surface area contributed by atoms with Gasteiger partial charge in [-0.15, -0.1) is 12.6 Å². The topological polar surface area (TPSA) is 13.1 Å². The Labute approximate surface area is 99.1 Å². The van der Waals surface area contributed by atoms with Crippen molar-refractivity contribution in [1.82, 2.24) is 0 Å². The van der Waals surface area contributed by atoms with Crippen LogP contribution in [-0.4, -0.2) is 0 Å². The van der Waals surface area contributed by atoms with Gasteiger partial charge < -0.3 is 4.42 Å². The van der Waals surface area contributed by atoms with Crippen LogP contribution in [0.5, 0.6) is 0 Å². The van der Waals surface area contributed by atoms with Crippen molar-refractivity contribution in [3.63, 3.8) is 0 Å². The fraction of sp³-hybridized carbons (Fsp3) is 0. The van der Waals surface area contributed by atoms with Gasteiger partial charge >= 0.3 is 0 Å². The second kappa shape index (κ2) is 3.72. The SMILES string of the molecule is Sc1ccc(-c2cc3ccccc3o2)cc1. The maximum Gasteiger partial charge on any atom is 0.135 e. The summed E-state index contributed by atoms with van der Waals surface area (Å²) in [6, 6.07) is 18.0. The molecule has 2 heteroatoms. The number of hydrogen-bond acceptors (Lipinski definition) is 2. The molecular formula is C14H10OS. The smallest absolute Gasteiger partial charge is 0.135 e. The molecule has 1 aromatic heterocycles. The predicted octanol–water partition coefficient (Wildman–Crippen LogP) is 4.39. The summed E-state index contributed by atoms with van der Waals surface area (Å²) in [7, 11) is 0. The van der Waals surface area contributed by atoms with Gasteiger partial charge in [-0.05, 0) is 24.3 Å². The number of thiol groups is 1. The highest BCUT2D eigenvalue weighted by atomic mass is 32.1. The summed E-state index contributed by atoms with van der Waals surface area (Å²) in [5.41, 5.74) is 2.00. The highest BCUT2D eigenvalue weighted by molar-refractivity contribution is 7.80. The van der Waals surface area contributed by atoms with Crippen molar-refractivity contribution in [2.45, 2.75) is 4.90 Å². The number of fused-ring (bicyclic) bond motifs is 1. The molecule has 1 heterocycles. The zero-order valence-corrected chi connectivity index (χ0v) is 9.45. The molecule has 0 saturated heterocycles. The summed E-state index contributed by atoms with van der Waals surface area (Å²) in [5, 5.41) is 1.13. The van der Waals surface area contributed by atoms with Crippen LogP contribution in [0.3, 0.4) is 0 Å². The van der Waals surface area contributed by atoms with Crippen molar-refractivity contribution in [2.75, 3.05) is 0 Å². The van der Waals surface area contributed by atoms with Crippen LogP contribution in [0, 0.1) is 0 Å². The zero-order valence-electron chi connectivity index (χ0n) is 8.55. The average Bonchev–Trinajstić information content (AvgIpc) is 2.73. The molecule has 1 nitrogen and oxygen atoms in total. The number of rotatable bonds is 1. The number of furan rings is 1. The Kier molecular flexibility index (Phi) is 2.22. The van der Waals surface area contributed by atoms with Gasteiger partial charge in [0.05, 0.1) is 0 Å². The van der Waals surface area contributed by atoms with Crippen molar-refractivity contribution in [1.29, 1.82) is 0 Å². The van der Waals surface area contributed by atoms with Crippen molar-refractivity contribution in [2.24, 2.45) is 0 Å². The molecule has 0 radical (unpaired) electrons. The van der Waals surface area contributed by atoms with Crippen LogP contribution in [0.2, 0.25) is 0 Å². The van der Waals surface area contributed by atoms with E-state index in [-0.39, 0.29) is 0 Å². The minimum atomic E-state index is 0.898. The number of hydrogen-bond donors (Lipinski definition) is 1. The van der Waals surface area contributed by atoms with Gasteiger partial charge in [0.1, 0.15) is 11.3 Å². The summed E-state index contributed by atoms with van der Waals surface area (Å²) < 4.78 is 5.77. The van der Waals surface area contributed by atoms with E-state index in [1.807, 2.05) is 42.5 Å². The quantitative estimate of drug-likeness (QED) is 0.607. The predicted molar refractivity (Wildman–Crippen MR) is 68.9 cm³/mol. The molecule has 0 aliphatic carbocycles. The lowest BCUT2D eigenvalue weighted by molar-refractivity contribution is 0.631. The minimum Gasteiger partial charge on any atom is -0.456 e. The van der Waals surface area contributed by atoms with Gasteiger partial charge in [-0.1, -0.05) is 30.3 Å². The van der Waals surface area contributed by atoms with Crippen LogP contribution >= 0.6 is 12.6 Å². The van der Waals surface area contributed by atoms with Gasteiger partial charge in [0.25, 0.3) is 0 Å². The van der Waals surface area contributed by atoms with E-state index in [0.717, 1.165) is 27.2 Å².